The van der Waals surface area contributed by atoms with Gasteiger partial charge in [0, 0.05) is 23.6 Å². The van der Waals surface area contributed by atoms with Gasteiger partial charge in [-0.25, -0.2) is 0 Å². The monoisotopic (exact) mass is 374 g/mol. The van der Waals surface area contributed by atoms with Gasteiger partial charge in [-0.1, -0.05) is 12.1 Å². The highest BCUT2D eigenvalue weighted by Gasteiger charge is 2.51. The molecule has 3 unspecified atom stereocenters. The van der Waals surface area contributed by atoms with E-state index in [-0.39, 0.29) is 18.1 Å². The number of hydrogen-bond donors (Lipinski definition) is 3. The van der Waals surface area contributed by atoms with Crippen molar-refractivity contribution >= 4 is 5.97 Å². The van der Waals surface area contributed by atoms with Crippen LogP contribution in [0.25, 0.3) is 0 Å². The Morgan fingerprint density at radius 2 is 1.96 bits per heavy atom. The van der Waals surface area contributed by atoms with Gasteiger partial charge >= 0.3 is 5.97 Å². The summed E-state index contributed by atoms with van der Waals surface area (Å²) >= 11 is 0. The molecule has 1 aromatic carbocycles. The van der Waals surface area contributed by atoms with Crippen LogP contribution in [0.2, 0.25) is 0 Å². The third-order valence-electron chi connectivity index (χ3n) is 4.90. The fourth-order valence-electron chi connectivity index (χ4n) is 3.86. The van der Waals surface area contributed by atoms with E-state index < -0.39 is 23.4 Å². The van der Waals surface area contributed by atoms with E-state index >= 15 is 0 Å². The molecule has 0 spiro atoms. The van der Waals surface area contributed by atoms with Gasteiger partial charge < -0.3 is 19.7 Å². The third kappa shape index (κ3) is 3.64. The van der Waals surface area contributed by atoms with Crippen molar-refractivity contribution in [2.75, 3.05) is 6.61 Å². The van der Waals surface area contributed by atoms with E-state index in [1.54, 1.807) is 32.9 Å². The number of nitrogens with one attached hydrogen (secondary N) is 2. The van der Waals surface area contributed by atoms with Crippen molar-refractivity contribution < 1.29 is 19.4 Å². The Balaban J connectivity index is 2.12. The molecule has 3 N–H and O–H groups in total. The zero-order chi connectivity index (χ0) is 19.8. The fraction of sp³-hybridized carbons (Fsp3) is 0.500. The summed E-state index contributed by atoms with van der Waals surface area (Å²) in [5, 5.41) is 16.5. The molecule has 27 heavy (non-hydrogen) atoms. The maximum absolute atomic E-state index is 12.9. The molecule has 146 valence electrons. The molecule has 0 saturated heterocycles. The number of benzene rings is 1. The number of aliphatic hydroxyl groups is 1. The Bertz CT molecular complexity index is 863. The number of H-pyrrole nitrogens is 2. The maximum atomic E-state index is 12.9. The smallest absolute Gasteiger partial charge is 0.313 e. The lowest BCUT2D eigenvalue weighted by Crippen LogP contribution is -2.50. The van der Waals surface area contributed by atoms with E-state index in [9.17, 15) is 14.7 Å². The molecular weight excluding hydrogens is 348 g/mol. The summed E-state index contributed by atoms with van der Waals surface area (Å²) in [6.45, 7) is 7.57. The number of hydrogen-bond acceptors (Lipinski definition) is 5. The Morgan fingerprint density at radius 3 is 2.56 bits per heavy atom. The molecule has 0 bridgehead atoms. The highest BCUT2D eigenvalue weighted by molar-refractivity contribution is 5.77. The number of esters is 1. The summed E-state index contributed by atoms with van der Waals surface area (Å²) in [7, 11) is 0. The minimum atomic E-state index is -1.37. The van der Waals surface area contributed by atoms with E-state index in [1.165, 1.54) is 0 Å². The van der Waals surface area contributed by atoms with Gasteiger partial charge in [-0.2, -0.15) is 0 Å². The van der Waals surface area contributed by atoms with E-state index in [1.807, 2.05) is 19.1 Å². The molecule has 0 aliphatic heterocycles. The molecule has 2 aromatic rings. The van der Waals surface area contributed by atoms with Gasteiger partial charge in [0.2, 0.25) is 0 Å². The molecule has 7 heteroatoms. The van der Waals surface area contributed by atoms with Crippen molar-refractivity contribution in [2.45, 2.75) is 51.7 Å². The first-order valence-corrected chi connectivity index (χ1v) is 9.19. The molecule has 0 saturated carbocycles. The highest BCUT2D eigenvalue weighted by atomic mass is 16.5. The van der Waals surface area contributed by atoms with Crippen LogP contribution in [0.15, 0.2) is 29.1 Å². The lowest BCUT2D eigenvalue weighted by atomic mass is 9.66. The zero-order valence-corrected chi connectivity index (χ0v) is 16.0. The standard InChI is InChI=1S/C20H26N2O5/c1-5-26-13-8-6-12(7-9-13)15-16-14(21-22-18(16)23)10-20(4,25)17(15)19(24)27-11(2)3/h6-9,11,15,17,25H,5,10H2,1-4H3,(H2,21,22,23). The molecule has 1 aliphatic carbocycles. The number of carbonyl (C=O) groups is 1. The molecule has 0 amide bonds. The van der Waals surface area contributed by atoms with Crippen molar-refractivity contribution in [3.63, 3.8) is 0 Å². The lowest BCUT2D eigenvalue weighted by molar-refractivity contribution is -0.163. The molecule has 1 heterocycles. The molecule has 1 aromatic heterocycles. The number of aromatic nitrogens is 2. The van der Waals surface area contributed by atoms with Crippen LogP contribution in [0.5, 0.6) is 5.75 Å². The van der Waals surface area contributed by atoms with Gasteiger partial charge in [-0.3, -0.25) is 14.7 Å². The molecule has 1 aliphatic rings. The number of ether oxygens (including phenoxy) is 2. The van der Waals surface area contributed by atoms with Gasteiger partial charge in [0.25, 0.3) is 5.56 Å². The second-order valence-corrected chi connectivity index (χ2v) is 7.45. The van der Waals surface area contributed by atoms with Gasteiger partial charge in [0.1, 0.15) is 5.75 Å². The largest absolute Gasteiger partial charge is 0.494 e. The Kier molecular flexibility index (Phi) is 5.15. The number of rotatable bonds is 5. The molecular formula is C20H26N2O5. The Hall–Kier alpha value is -2.54. The van der Waals surface area contributed by atoms with Crippen LogP contribution in [-0.4, -0.2) is 39.6 Å². The Labute approximate surface area is 157 Å². The van der Waals surface area contributed by atoms with Crippen LogP contribution in [-0.2, 0) is 16.0 Å². The van der Waals surface area contributed by atoms with Crippen LogP contribution >= 0.6 is 0 Å². The number of fused-ring (bicyclic) bond motifs is 1. The van der Waals surface area contributed by atoms with Crippen molar-refractivity contribution in [1.29, 1.82) is 0 Å². The second-order valence-electron chi connectivity index (χ2n) is 7.45. The van der Waals surface area contributed by atoms with Crippen LogP contribution in [0.4, 0.5) is 0 Å². The molecule has 3 atom stereocenters. The molecule has 7 nitrogen and oxygen atoms in total. The molecule has 3 rings (SSSR count). The first-order chi connectivity index (χ1) is 12.7. The summed E-state index contributed by atoms with van der Waals surface area (Å²) in [6, 6.07) is 7.24. The van der Waals surface area contributed by atoms with Crippen molar-refractivity contribution in [1.82, 2.24) is 10.2 Å². The first kappa shape index (κ1) is 19.2. The predicted molar refractivity (Wildman–Crippen MR) is 99.9 cm³/mol. The summed E-state index contributed by atoms with van der Waals surface area (Å²) in [4.78, 5) is 25.4. The average molecular weight is 374 g/mol. The Morgan fingerprint density at radius 1 is 1.30 bits per heavy atom. The van der Waals surface area contributed by atoms with Crippen molar-refractivity contribution in [3.8, 4) is 5.75 Å². The SMILES string of the molecule is CCOc1ccc(C2c3c([nH][nH]c3=O)CC(C)(O)C2C(=O)OC(C)C)cc1. The van der Waals surface area contributed by atoms with Gasteiger partial charge in [0.05, 0.1) is 24.2 Å². The average Bonchev–Trinajstić information content (AvgIpc) is 2.93. The molecule has 0 fully saturated rings. The minimum absolute atomic E-state index is 0.159. The normalized spacial score (nSPS) is 24.5. The maximum Gasteiger partial charge on any atom is 0.313 e. The second kappa shape index (κ2) is 7.23. The zero-order valence-electron chi connectivity index (χ0n) is 16.0. The van der Waals surface area contributed by atoms with Crippen molar-refractivity contribution in [3.05, 3.63) is 51.4 Å². The fourth-order valence-corrected chi connectivity index (χ4v) is 3.86. The van der Waals surface area contributed by atoms with E-state index in [0.717, 1.165) is 5.56 Å². The highest BCUT2D eigenvalue weighted by Crippen LogP contribution is 2.44. The summed E-state index contributed by atoms with van der Waals surface area (Å²) in [6.07, 6.45) is -0.160. The van der Waals surface area contributed by atoms with Crippen LogP contribution in [0.3, 0.4) is 0 Å². The topological polar surface area (TPSA) is 104 Å². The number of carbonyl (C=O) groups excluding carboxylic acids is 1. The minimum Gasteiger partial charge on any atom is -0.494 e. The van der Waals surface area contributed by atoms with E-state index in [0.29, 0.717) is 23.6 Å². The third-order valence-corrected chi connectivity index (χ3v) is 4.90. The quantitative estimate of drug-likeness (QED) is 0.696. The van der Waals surface area contributed by atoms with Gasteiger partial charge in [-0.15, -0.1) is 0 Å². The molecule has 0 radical (unpaired) electrons. The van der Waals surface area contributed by atoms with E-state index in [2.05, 4.69) is 10.2 Å². The van der Waals surface area contributed by atoms with Gasteiger partial charge in [-0.05, 0) is 45.4 Å². The van der Waals surface area contributed by atoms with E-state index in [4.69, 9.17) is 9.47 Å². The summed E-state index contributed by atoms with van der Waals surface area (Å²) in [5.74, 6) is -1.34. The predicted octanol–water partition coefficient (Wildman–Crippen LogP) is 2.11. The summed E-state index contributed by atoms with van der Waals surface area (Å²) < 4.78 is 10.9. The number of aromatic amines is 2. The van der Waals surface area contributed by atoms with Crippen LogP contribution in [0, 0.1) is 5.92 Å². The lowest BCUT2D eigenvalue weighted by Gasteiger charge is -2.40. The van der Waals surface area contributed by atoms with Crippen LogP contribution < -0.4 is 10.3 Å². The summed E-state index contributed by atoms with van der Waals surface area (Å²) in [5.41, 5.74) is 0.166. The van der Waals surface area contributed by atoms with Crippen molar-refractivity contribution in [2.24, 2.45) is 5.92 Å². The van der Waals surface area contributed by atoms with Gasteiger partial charge in [0.15, 0.2) is 0 Å². The first-order valence-electron chi connectivity index (χ1n) is 9.19. The van der Waals surface area contributed by atoms with Crippen LogP contribution in [0.1, 0.15) is 50.4 Å².